The molecule has 1 aromatic rings. The summed E-state index contributed by atoms with van der Waals surface area (Å²) in [6.45, 7) is 10.9. The molecule has 1 unspecified atom stereocenters. The first-order chi connectivity index (χ1) is 8.45. The maximum atomic E-state index is 5.93. The number of nitrogens with two attached hydrogens (primary N) is 1. The van der Waals surface area contributed by atoms with Gasteiger partial charge in [0.25, 0.3) is 0 Å². The Bertz CT molecular complexity index is 395. The van der Waals surface area contributed by atoms with Crippen LogP contribution < -0.4 is 10.6 Å². The molecule has 0 radical (unpaired) electrons. The average Bonchev–Trinajstić information content (AvgIpc) is 2.69. The minimum atomic E-state index is -0.113. The van der Waals surface area contributed by atoms with Gasteiger partial charge in [-0.05, 0) is 27.2 Å². The first kappa shape index (κ1) is 13.8. The summed E-state index contributed by atoms with van der Waals surface area (Å²) in [5.41, 5.74) is 6.81. The molecule has 1 fully saturated rings. The minimum absolute atomic E-state index is 0.113. The predicted octanol–water partition coefficient (Wildman–Crippen LogP) is 2.17. The number of aromatic nitrogens is 1. The maximum absolute atomic E-state index is 5.93. The normalized spacial score (nSPS) is 23.4. The van der Waals surface area contributed by atoms with Gasteiger partial charge in [0.15, 0.2) is 5.13 Å². The van der Waals surface area contributed by atoms with Crippen LogP contribution in [0.25, 0.3) is 0 Å². The van der Waals surface area contributed by atoms with E-state index in [-0.39, 0.29) is 11.7 Å². The van der Waals surface area contributed by atoms with Crippen LogP contribution in [0.3, 0.4) is 0 Å². The highest BCUT2D eigenvalue weighted by Crippen LogP contribution is 2.31. The van der Waals surface area contributed by atoms with E-state index in [0.717, 1.165) is 30.3 Å². The van der Waals surface area contributed by atoms with Crippen molar-refractivity contribution in [3.63, 3.8) is 0 Å². The highest BCUT2D eigenvalue weighted by Gasteiger charge is 2.32. The first-order valence-electron chi connectivity index (χ1n) is 6.56. The van der Waals surface area contributed by atoms with Gasteiger partial charge in [0, 0.05) is 24.5 Å². The van der Waals surface area contributed by atoms with Crippen molar-refractivity contribution in [1.29, 1.82) is 0 Å². The van der Waals surface area contributed by atoms with Crippen molar-refractivity contribution in [2.45, 2.75) is 52.4 Å². The van der Waals surface area contributed by atoms with Crippen molar-refractivity contribution < 1.29 is 4.74 Å². The van der Waals surface area contributed by atoms with Crippen molar-refractivity contribution in [3.05, 3.63) is 10.6 Å². The molecule has 0 amide bonds. The van der Waals surface area contributed by atoms with Gasteiger partial charge in [-0.25, -0.2) is 4.98 Å². The van der Waals surface area contributed by atoms with Gasteiger partial charge < -0.3 is 15.4 Å². The SMILES string of the molecule is CCc1nc(N2CC(C)OC(C)(C)C2)sc1CN. The van der Waals surface area contributed by atoms with E-state index in [1.165, 1.54) is 4.88 Å². The van der Waals surface area contributed by atoms with Crippen LogP contribution in [-0.2, 0) is 17.7 Å². The summed E-state index contributed by atoms with van der Waals surface area (Å²) in [5, 5.41) is 1.09. The lowest BCUT2D eigenvalue weighted by molar-refractivity contribution is -0.0749. The van der Waals surface area contributed by atoms with Crippen LogP contribution in [0.15, 0.2) is 0 Å². The molecule has 0 aromatic carbocycles. The summed E-state index contributed by atoms with van der Waals surface area (Å²) in [6, 6.07) is 0. The van der Waals surface area contributed by atoms with E-state index in [4.69, 9.17) is 15.5 Å². The Hall–Kier alpha value is -0.650. The molecule has 1 aliphatic heterocycles. The van der Waals surface area contributed by atoms with Crippen molar-refractivity contribution in [1.82, 2.24) is 4.98 Å². The van der Waals surface area contributed by atoms with Gasteiger partial charge in [0.1, 0.15) is 0 Å². The fourth-order valence-corrected chi connectivity index (χ4v) is 3.58. The molecule has 0 aliphatic carbocycles. The van der Waals surface area contributed by atoms with Crippen LogP contribution in [-0.4, -0.2) is 29.8 Å². The van der Waals surface area contributed by atoms with Crippen molar-refractivity contribution >= 4 is 16.5 Å². The molecule has 0 saturated carbocycles. The monoisotopic (exact) mass is 269 g/mol. The lowest BCUT2D eigenvalue weighted by atomic mass is 10.1. The van der Waals surface area contributed by atoms with E-state index >= 15 is 0 Å². The van der Waals surface area contributed by atoms with Gasteiger partial charge >= 0.3 is 0 Å². The number of ether oxygens (including phenoxy) is 1. The van der Waals surface area contributed by atoms with Crippen molar-refractivity contribution in [2.24, 2.45) is 5.73 Å². The highest BCUT2D eigenvalue weighted by atomic mass is 32.1. The Morgan fingerprint density at radius 2 is 2.28 bits per heavy atom. The smallest absolute Gasteiger partial charge is 0.186 e. The molecule has 1 aliphatic rings. The summed E-state index contributed by atoms with van der Waals surface area (Å²) in [4.78, 5) is 8.28. The molecule has 102 valence electrons. The predicted molar refractivity (Wildman–Crippen MR) is 76.2 cm³/mol. The molecule has 2 N–H and O–H groups in total. The molecular weight excluding hydrogens is 246 g/mol. The van der Waals surface area contributed by atoms with Gasteiger partial charge in [-0.3, -0.25) is 0 Å². The van der Waals surface area contributed by atoms with Gasteiger partial charge in [-0.2, -0.15) is 0 Å². The number of hydrogen-bond donors (Lipinski definition) is 1. The second kappa shape index (κ2) is 5.15. The molecule has 0 bridgehead atoms. The summed E-state index contributed by atoms with van der Waals surface area (Å²) < 4.78 is 5.93. The Morgan fingerprint density at radius 1 is 1.56 bits per heavy atom. The lowest BCUT2D eigenvalue weighted by Gasteiger charge is -2.41. The standard InChI is InChI=1S/C13H23N3OS/c1-5-10-11(6-14)18-12(15-10)16-7-9(2)17-13(3,4)8-16/h9H,5-8,14H2,1-4H3. The zero-order valence-corrected chi connectivity index (χ0v) is 12.5. The molecule has 2 heterocycles. The number of rotatable bonds is 3. The zero-order chi connectivity index (χ0) is 13.3. The molecule has 1 aromatic heterocycles. The second-order valence-corrected chi connectivity index (χ2v) is 6.55. The van der Waals surface area contributed by atoms with Crippen LogP contribution in [0.4, 0.5) is 5.13 Å². The number of aryl methyl sites for hydroxylation is 1. The van der Waals surface area contributed by atoms with Crippen LogP contribution in [0.2, 0.25) is 0 Å². The van der Waals surface area contributed by atoms with E-state index in [9.17, 15) is 0 Å². The largest absolute Gasteiger partial charge is 0.369 e. The first-order valence-corrected chi connectivity index (χ1v) is 7.38. The van der Waals surface area contributed by atoms with E-state index in [0.29, 0.717) is 6.54 Å². The number of anilines is 1. The van der Waals surface area contributed by atoms with Gasteiger partial charge in [-0.1, -0.05) is 6.92 Å². The Balaban J connectivity index is 2.22. The third kappa shape index (κ3) is 2.84. The molecule has 1 saturated heterocycles. The zero-order valence-electron chi connectivity index (χ0n) is 11.7. The third-order valence-electron chi connectivity index (χ3n) is 3.13. The van der Waals surface area contributed by atoms with Crippen LogP contribution in [0.1, 0.15) is 38.3 Å². The number of thiazole rings is 1. The maximum Gasteiger partial charge on any atom is 0.186 e. The van der Waals surface area contributed by atoms with E-state index in [2.05, 4.69) is 32.6 Å². The topological polar surface area (TPSA) is 51.4 Å². The molecule has 2 rings (SSSR count). The van der Waals surface area contributed by atoms with Gasteiger partial charge in [0.2, 0.25) is 0 Å². The Labute approximate surface area is 113 Å². The molecule has 4 nitrogen and oxygen atoms in total. The lowest BCUT2D eigenvalue weighted by Crippen LogP contribution is -2.52. The summed E-state index contributed by atoms with van der Waals surface area (Å²) >= 11 is 1.73. The summed E-state index contributed by atoms with van der Waals surface area (Å²) in [5.74, 6) is 0. The van der Waals surface area contributed by atoms with Gasteiger partial charge in [-0.15, -0.1) is 11.3 Å². The number of nitrogens with zero attached hydrogens (tertiary/aromatic N) is 2. The fraction of sp³-hybridized carbons (Fsp3) is 0.769. The van der Waals surface area contributed by atoms with E-state index in [1.807, 2.05) is 0 Å². The molecule has 5 heteroatoms. The minimum Gasteiger partial charge on any atom is -0.369 e. The van der Waals surface area contributed by atoms with Crippen LogP contribution in [0, 0.1) is 0 Å². The second-order valence-electron chi connectivity index (χ2n) is 5.49. The van der Waals surface area contributed by atoms with Crippen LogP contribution in [0.5, 0.6) is 0 Å². The molecule has 18 heavy (non-hydrogen) atoms. The fourth-order valence-electron chi connectivity index (χ4n) is 2.54. The highest BCUT2D eigenvalue weighted by molar-refractivity contribution is 7.15. The quantitative estimate of drug-likeness (QED) is 0.913. The Kier molecular flexibility index (Phi) is 3.94. The summed E-state index contributed by atoms with van der Waals surface area (Å²) in [7, 11) is 0. The average molecular weight is 269 g/mol. The number of hydrogen-bond acceptors (Lipinski definition) is 5. The van der Waals surface area contributed by atoms with E-state index in [1.54, 1.807) is 11.3 Å². The number of morpholine rings is 1. The van der Waals surface area contributed by atoms with Crippen molar-refractivity contribution in [3.8, 4) is 0 Å². The summed E-state index contributed by atoms with van der Waals surface area (Å²) in [6.07, 6.45) is 1.19. The van der Waals surface area contributed by atoms with E-state index < -0.39 is 0 Å². The third-order valence-corrected chi connectivity index (χ3v) is 4.31. The molecule has 0 spiro atoms. The van der Waals surface area contributed by atoms with Crippen molar-refractivity contribution in [2.75, 3.05) is 18.0 Å². The van der Waals surface area contributed by atoms with Crippen LogP contribution >= 0.6 is 11.3 Å². The molecular formula is C13H23N3OS. The Morgan fingerprint density at radius 3 is 2.78 bits per heavy atom. The van der Waals surface area contributed by atoms with Gasteiger partial charge in [0.05, 0.1) is 17.4 Å². The molecule has 1 atom stereocenters.